The van der Waals surface area contributed by atoms with E-state index in [1.807, 2.05) is 0 Å². The number of ether oxygens (including phenoxy) is 1. The summed E-state index contributed by atoms with van der Waals surface area (Å²) in [5, 5.41) is 0. The highest BCUT2D eigenvalue weighted by Crippen LogP contribution is 2.30. The van der Waals surface area contributed by atoms with Crippen LogP contribution in [0.25, 0.3) is 0 Å². The SMILES string of the molecule is NC(=O)c1cccc(OCCC2CCC2)c1N. The summed E-state index contributed by atoms with van der Waals surface area (Å²) in [5.41, 5.74) is 11.7. The molecule has 4 nitrogen and oxygen atoms in total. The van der Waals surface area contributed by atoms with Gasteiger partial charge in [0.1, 0.15) is 5.75 Å². The molecule has 2 rings (SSSR count). The van der Waals surface area contributed by atoms with Gasteiger partial charge in [0.05, 0.1) is 17.9 Å². The van der Waals surface area contributed by atoms with Crippen LogP contribution in [0, 0.1) is 5.92 Å². The lowest BCUT2D eigenvalue weighted by Gasteiger charge is -2.25. The van der Waals surface area contributed by atoms with Gasteiger partial charge in [-0.1, -0.05) is 25.3 Å². The van der Waals surface area contributed by atoms with E-state index in [0.29, 0.717) is 23.6 Å². The van der Waals surface area contributed by atoms with Gasteiger partial charge in [-0.25, -0.2) is 0 Å². The van der Waals surface area contributed by atoms with Crippen LogP contribution in [0.4, 0.5) is 5.69 Å². The Bertz CT molecular complexity index is 414. The average molecular weight is 234 g/mol. The number of nitrogen functional groups attached to an aromatic ring is 1. The molecule has 17 heavy (non-hydrogen) atoms. The second-order valence-corrected chi connectivity index (χ2v) is 4.52. The molecule has 1 aliphatic carbocycles. The van der Waals surface area contributed by atoms with Crippen LogP contribution in [0.3, 0.4) is 0 Å². The largest absolute Gasteiger partial charge is 0.491 e. The fraction of sp³-hybridized carbons (Fsp3) is 0.462. The van der Waals surface area contributed by atoms with Gasteiger partial charge in [0.15, 0.2) is 0 Å². The Morgan fingerprint density at radius 1 is 1.41 bits per heavy atom. The molecule has 0 aliphatic heterocycles. The average Bonchev–Trinajstić information content (AvgIpc) is 2.23. The zero-order chi connectivity index (χ0) is 12.3. The Morgan fingerprint density at radius 3 is 2.76 bits per heavy atom. The third-order valence-corrected chi connectivity index (χ3v) is 3.34. The summed E-state index contributed by atoms with van der Waals surface area (Å²) in [6, 6.07) is 5.11. The van der Waals surface area contributed by atoms with Gasteiger partial charge in [-0.3, -0.25) is 4.79 Å². The predicted molar refractivity (Wildman–Crippen MR) is 66.8 cm³/mol. The number of rotatable bonds is 5. The number of amides is 1. The first-order valence-corrected chi connectivity index (χ1v) is 5.99. The van der Waals surface area contributed by atoms with E-state index in [4.69, 9.17) is 16.2 Å². The summed E-state index contributed by atoms with van der Waals surface area (Å²) in [6.07, 6.45) is 5.00. The number of nitrogens with two attached hydrogens (primary N) is 2. The minimum atomic E-state index is -0.521. The molecule has 0 radical (unpaired) electrons. The van der Waals surface area contributed by atoms with Crippen LogP contribution in [-0.2, 0) is 0 Å². The first kappa shape index (κ1) is 11.8. The van der Waals surface area contributed by atoms with Crippen molar-refractivity contribution < 1.29 is 9.53 Å². The van der Waals surface area contributed by atoms with Crippen LogP contribution >= 0.6 is 0 Å². The minimum Gasteiger partial charge on any atom is -0.491 e. The fourth-order valence-electron chi connectivity index (χ4n) is 2.00. The summed E-state index contributed by atoms with van der Waals surface area (Å²) < 4.78 is 5.60. The third kappa shape index (κ3) is 2.70. The maximum atomic E-state index is 11.1. The number of anilines is 1. The topological polar surface area (TPSA) is 78.3 Å². The van der Waals surface area contributed by atoms with Gasteiger partial charge in [-0.15, -0.1) is 0 Å². The van der Waals surface area contributed by atoms with E-state index < -0.39 is 5.91 Å². The molecular formula is C13H18N2O2. The lowest BCUT2D eigenvalue weighted by Crippen LogP contribution is -2.16. The van der Waals surface area contributed by atoms with Crippen molar-refractivity contribution in [1.29, 1.82) is 0 Å². The molecular weight excluding hydrogens is 216 g/mol. The fourth-order valence-corrected chi connectivity index (χ4v) is 2.00. The van der Waals surface area contributed by atoms with Crippen LogP contribution in [0.2, 0.25) is 0 Å². The molecule has 0 spiro atoms. The number of para-hydroxylation sites is 1. The number of hydrogen-bond donors (Lipinski definition) is 2. The molecule has 1 aromatic rings. The molecule has 0 heterocycles. The Morgan fingerprint density at radius 2 is 2.18 bits per heavy atom. The van der Waals surface area contributed by atoms with Gasteiger partial charge >= 0.3 is 0 Å². The summed E-state index contributed by atoms with van der Waals surface area (Å²) in [4.78, 5) is 11.1. The predicted octanol–water partition coefficient (Wildman–Crippen LogP) is 1.94. The smallest absolute Gasteiger partial charge is 0.250 e. The Hall–Kier alpha value is -1.71. The van der Waals surface area contributed by atoms with E-state index in [1.165, 1.54) is 19.3 Å². The zero-order valence-corrected chi connectivity index (χ0v) is 9.82. The van der Waals surface area contributed by atoms with Gasteiger partial charge in [-0.2, -0.15) is 0 Å². The summed E-state index contributed by atoms with van der Waals surface area (Å²) in [7, 11) is 0. The van der Waals surface area contributed by atoms with Crippen molar-refractivity contribution in [3.05, 3.63) is 23.8 Å². The molecule has 1 aromatic carbocycles. The van der Waals surface area contributed by atoms with Crippen molar-refractivity contribution in [1.82, 2.24) is 0 Å². The summed E-state index contributed by atoms with van der Waals surface area (Å²) in [6.45, 7) is 0.650. The van der Waals surface area contributed by atoms with Crippen molar-refractivity contribution in [3.63, 3.8) is 0 Å². The van der Waals surface area contributed by atoms with Crippen molar-refractivity contribution >= 4 is 11.6 Å². The molecule has 92 valence electrons. The van der Waals surface area contributed by atoms with Gasteiger partial charge in [0, 0.05) is 0 Å². The highest BCUT2D eigenvalue weighted by atomic mass is 16.5. The van der Waals surface area contributed by atoms with E-state index in [2.05, 4.69) is 0 Å². The van der Waals surface area contributed by atoms with Crippen LogP contribution in [0.15, 0.2) is 18.2 Å². The number of hydrogen-bond acceptors (Lipinski definition) is 3. The van der Waals surface area contributed by atoms with E-state index in [0.717, 1.165) is 12.3 Å². The highest BCUT2D eigenvalue weighted by molar-refractivity contribution is 5.99. The molecule has 1 amide bonds. The molecule has 4 N–H and O–H groups in total. The van der Waals surface area contributed by atoms with Crippen LogP contribution in [-0.4, -0.2) is 12.5 Å². The van der Waals surface area contributed by atoms with E-state index in [-0.39, 0.29) is 0 Å². The number of carbonyl (C=O) groups excluding carboxylic acids is 1. The summed E-state index contributed by atoms with van der Waals surface area (Å²) >= 11 is 0. The second kappa shape index (κ2) is 5.08. The zero-order valence-electron chi connectivity index (χ0n) is 9.82. The lowest BCUT2D eigenvalue weighted by atomic mass is 9.83. The van der Waals surface area contributed by atoms with E-state index >= 15 is 0 Å². The first-order chi connectivity index (χ1) is 8.18. The normalized spacial score (nSPS) is 15.3. The highest BCUT2D eigenvalue weighted by Gasteiger charge is 2.17. The van der Waals surface area contributed by atoms with Crippen molar-refractivity contribution in [2.75, 3.05) is 12.3 Å². The molecule has 4 heteroatoms. The maximum absolute atomic E-state index is 11.1. The molecule has 1 fully saturated rings. The first-order valence-electron chi connectivity index (χ1n) is 5.99. The third-order valence-electron chi connectivity index (χ3n) is 3.34. The minimum absolute atomic E-state index is 0.325. The van der Waals surface area contributed by atoms with Crippen LogP contribution in [0.5, 0.6) is 5.75 Å². The monoisotopic (exact) mass is 234 g/mol. The molecule has 0 atom stereocenters. The molecule has 0 saturated heterocycles. The lowest BCUT2D eigenvalue weighted by molar-refractivity contribution is 0.100. The number of carbonyl (C=O) groups is 1. The van der Waals surface area contributed by atoms with E-state index in [9.17, 15) is 4.79 Å². The van der Waals surface area contributed by atoms with E-state index in [1.54, 1.807) is 18.2 Å². The van der Waals surface area contributed by atoms with Crippen molar-refractivity contribution in [3.8, 4) is 5.75 Å². The number of benzene rings is 1. The molecule has 0 unspecified atom stereocenters. The maximum Gasteiger partial charge on any atom is 0.250 e. The second-order valence-electron chi connectivity index (χ2n) is 4.52. The van der Waals surface area contributed by atoms with Crippen LogP contribution < -0.4 is 16.2 Å². The van der Waals surface area contributed by atoms with Gasteiger partial charge < -0.3 is 16.2 Å². The van der Waals surface area contributed by atoms with Gasteiger partial charge in [0.25, 0.3) is 5.91 Å². The molecule has 1 saturated carbocycles. The van der Waals surface area contributed by atoms with Gasteiger partial charge in [-0.05, 0) is 24.5 Å². The molecule has 1 aliphatic rings. The Kier molecular flexibility index (Phi) is 3.52. The Balaban J connectivity index is 1.95. The standard InChI is InChI=1S/C13H18N2O2/c14-12-10(13(15)16)5-2-6-11(12)17-8-7-9-3-1-4-9/h2,5-6,9H,1,3-4,7-8,14H2,(H2,15,16). The summed E-state index contributed by atoms with van der Waals surface area (Å²) in [5.74, 6) is 0.836. The number of primary amides is 1. The molecule has 0 bridgehead atoms. The van der Waals surface area contributed by atoms with Crippen molar-refractivity contribution in [2.24, 2.45) is 11.7 Å². The van der Waals surface area contributed by atoms with Gasteiger partial charge in [0.2, 0.25) is 0 Å². The quantitative estimate of drug-likeness (QED) is 0.764. The van der Waals surface area contributed by atoms with Crippen LogP contribution in [0.1, 0.15) is 36.0 Å². The molecule has 0 aromatic heterocycles. The Labute approximate surface area is 101 Å². The van der Waals surface area contributed by atoms with Crippen molar-refractivity contribution in [2.45, 2.75) is 25.7 Å².